The van der Waals surface area contributed by atoms with Crippen molar-refractivity contribution < 1.29 is 17.9 Å². The number of carbonyl (C=O) groups is 1. The van der Waals surface area contributed by atoms with Crippen molar-refractivity contribution >= 4 is 15.7 Å². The third-order valence-corrected chi connectivity index (χ3v) is 5.74. The first kappa shape index (κ1) is 18.9. The van der Waals surface area contributed by atoms with E-state index < -0.39 is 9.84 Å². The summed E-state index contributed by atoms with van der Waals surface area (Å²) in [6.45, 7) is 4.90. The molecule has 0 aromatic heterocycles. The molecule has 1 aromatic carbocycles. The van der Waals surface area contributed by atoms with Crippen molar-refractivity contribution in [3.05, 3.63) is 29.3 Å². The van der Waals surface area contributed by atoms with Crippen LogP contribution in [-0.4, -0.2) is 39.8 Å². The van der Waals surface area contributed by atoms with Crippen LogP contribution in [0, 0.1) is 12.8 Å². The molecule has 0 saturated heterocycles. The van der Waals surface area contributed by atoms with Gasteiger partial charge in [0, 0.05) is 18.4 Å². The van der Waals surface area contributed by atoms with Gasteiger partial charge in [-0.1, -0.05) is 25.8 Å². The van der Waals surface area contributed by atoms with Crippen LogP contribution in [0.1, 0.15) is 48.5 Å². The standard InChI is InChI=1S/C18H27NO4S/c1-13-8-9-15(24(3,21)22)12-16(13)18(20)19-10-11-23-17-7-5-4-6-14(17)2/h8-9,12,14,17H,4-7,10-11H2,1-3H3,(H,19,20). The second-order valence-electron chi connectivity index (χ2n) is 6.68. The van der Waals surface area contributed by atoms with Crippen molar-refractivity contribution in [3.63, 3.8) is 0 Å². The Morgan fingerprint density at radius 1 is 1.29 bits per heavy atom. The zero-order chi connectivity index (χ0) is 17.7. The van der Waals surface area contributed by atoms with E-state index in [4.69, 9.17) is 4.74 Å². The molecule has 2 atom stereocenters. The number of ether oxygens (including phenoxy) is 1. The van der Waals surface area contributed by atoms with Crippen LogP contribution in [0.4, 0.5) is 0 Å². The first-order valence-electron chi connectivity index (χ1n) is 8.49. The Labute approximate surface area is 144 Å². The van der Waals surface area contributed by atoms with Crippen LogP contribution in [0.3, 0.4) is 0 Å². The van der Waals surface area contributed by atoms with Crippen LogP contribution < -0.4 is 5.32 Å². The third kappa shape index (κ3) is 5.05. The molecule has 1 N–H and O–H groups in total. The van der Waals surface area contributed by atoms with Gasteiger partial charge in [-0.3, -0.25) is 4.79 Å². The molecule has 1 saturated carbocycles. The molecule has 6 heteroatoms. The minimum Gasteiger partial charge on any atom is -0.376 e. The maximum absolute atomic E-state index is 12.3. The predicted molar refractivity (Wildman–Crippen MR) is 94.0 cm³/mol. The number of carbonyl (C=O) groups excluding carboxylic acids is 1. The summed E-state index contributed by atoms with van der Waals surface area (Å²) in [7, 11) is -3.33. The lowest BCUT2D eigenvalue weighted by molar-refractivity contribution is -0.00294. The lowest BCUT2D eigenvalue weighted by atomic mass is 9.88. The number of nitrogens with one attached hydrogen (secondary N) is 1. The van der Waals surface area contributed by atoms with E-state index in [1.54, 1.807) is 13.0 Å². The fourth-order valence-electron chi connectivity index (χ4n) is 3.08. The molecule has 1 amide bonds. The molecule has 24 heavy (non-hydrogen) atoms. The fraction of sp³-hybridized carbons (Fsp3) is 0.611. The van der Waals surface area contributed by atoms with Crippen LogP contribution in [0.2, 0.25) is 0 Å². The van der Waals surface area contributed by atoms with Crippen LogP contribution in [0.25, 0.3) is 0 Å². The zero-order valence-corrected chi connectivity index (χ0v) is 15.5. The Morgan fingerprint density at radius 3 is 2.67 bits per heavy atom. The van der Waals surface area contributed by atoms with E-state index in [9.17, 15) is 13.2 Å². The molecule has 5 nitrogen and oxygen atoms in total. The van der Waals surface area contributed by atoms with E-state index >= 15 is 0 Å². The number of hydrogen-bond donors (Lipinski definition) is 1. The minimum absolute atomic E-state index is 0.158. The van der Waals surface area contributed by atoms with Gasteiger partial charge >= 0.3 is 0 Å². The first-order chi connectivity index (χ1) is 11.3. The van der Waals surface area contributed by atoms with Gasteiger partial charge < -0.3 is 10.1 Å². The Kier molecular flexibility index (Phi) is 6.40. The number of sulfone groups is 1. The van der Waals surface area contributed by atoms with Gasteiger partial charge in [0.2, 0.25) is 0 Å². The molecule has 1 aromatic rings. The maximum atomic E-state index is 12.3. The van der Waals surface area contributed by atoms with E-state index in [-0.39, 0.29) is 16.9 Å². The summed E-state index contributed by atoms with van der Waals surface area (Å²) in [6, 6.07) is 4.62. The molecule has 0 spiro atoms. The minimum atomic E-state index is -3.33. The largest absolute Gasteiger partial charge is 0.376 e. The van der Waals surface area contributed by atoms with Crippen LogP contribution in [0.15, 0.2) is 23.1 Å². The van der Waals surface area contributed by atoms with Gasteiger partial charge in [0.15, 0.2) is 9.84 Å². The molecule has 0 bridgehead atoms. The van der Waals surface area contributed by atoms with Gasteiger partial charge in [0.1, 0.15) is 0 Å². The average molecular weight is 353 g/mol. The highest BCUT2D eigenvalue weighted by Gasteiger charge is 2.21. The van der Waals surface area contributed by atoms with Crippen molar-refractivity contribution in [2.24, 2.45) is 5.92 Å². The van der Waals surface area contributed by atoms with Gasteiger partial charge in [-0.05, 0) is 43.4 Å². The lowest BCUT2D eigenvalue weighted by Crippen LogP contribution is -2.32. The molecule has 1 aliphatic rings. The van der Waals surface area contributed by atoms with Crippen LogP contribution >= 0.6 is 0 Å². The number of amides is 1. The molecule has 0 heterocycles. The molecule has 2 rings (SSSR count). The normalized spacial score (nSPS) is 21.5. The molecular weight excluding hydrogens is 326 g/mol. The highest BCUT2D eigenvalue weighted by atomic mass is 32.2. The second-order valence-corrected chi connectivity index (χ2v) is 8.69. The molecule has 0 radical (unpaired) electrons. The first-order valence-corrected chi connectivity index (χ1v) is 10.4. The Morgan fingerprint density at radius 2 is 2.00 bits per heavy atom. The monoisotopic (exact) mass is 353 g/mol. The van der Waals surface area contributed by atoms with Gasteiger partial charge in [0.05, 0.1) is 17.6 Å². The second kappa shape index (κ2) is 8.12. The number of aryl methyl sites for hydroxylation is 1. The summed E-state index contributed by atoms with van der Waals surface area (Å²) in [6.07, 6.45) is 6.19. The molecular formula is C18H27NO4S. The van der Waals surface area contributed by atoms with Crippen molar-refractivity contribution in [2.45, 2.75) is 50.5 Å². The lowest BCUT2D eigenvalue weighted by Gasteiger charge is -2.28. The molecule has 2 unspecified atom stereocenters. The molecule has 0 aliphatic heterocycles. The Bertz CT molecular complexity index is 684. The van der Waals surface area contributed by atoms with Gasteiger partial charge in [-0.25, -0.2) is 8.42 Å². The van der Waals surface area contributed by atoms with E-state index in [0.717, 1.165) is 18.2 Å². The smallest absolute Gasteiger partial charge is 0.251 e. The fourth-order valence-corrected chi connectivity index (χ4v) is 3.72. The van der Waals surface area contributed by atoms with E-state index in [2.05, 4.69) is 12.2 Å². The van der Waals surface area contributed by atoms with Crippen LogP contribution in [-0.2, 0) is 14.6 Å². The predicted octanol–water partition coefficient (Wildman–Crippen LogP) is 2.72. The van der Waals surface area contributed by atoms with Crippen molar-refractivity contribution in [1.82, 2.24) is 5.32 Å². The Balaban J connectivity index is 1.88. The quantitative estimate of drug-likeness (QED) is 0.798. The highest BCUT2D eigenvalue weighted by molar-refractivity contribution is 7.90. The van der Waals surface area contributed by atoms with Gasteiger partial charge in [-0.2, -0.15) is 0 Å². The summed E-state index contributed by atoms with van der Waals surface area (Å²) >= 11 is 0. The van der Waals surface area contributed by atoms with Crippen LogP contribution in [0.5, 0.6) is 0 Å². The molecule has 134 valence electrons. The van der Waals surface area contributed by atoms with E-state index in [1.165, 1.54) is 31.4 Å². The summed E-state index contributed by atoms with van der Waals surface area (Å²) in [5.74, 6) is 0.307. The topological polar surface area (TPSA) is 72.5 Å². The third-order valence-electron chi connectivity index (χ3n) is 4.63. The Hall–Kier alpha value is -1.40. The summed E-state index contributed by atoms with van der Waals surface area (Å²) in [5, 5.41) is 2.81. The SMILES string of the molecule is Cc1ccc(S(C)(=O)=O)cc1C(=O)NCCOC1CCCCC1C. The number of benzene rings is 1. The van der Waals surface area contributed by atoms with E-state index in [1.807, 2.05) is 0 Å². The van der Waals surface area contributed by atoms with Gasteiger partial charge in [-0.15, -0.1) is 0 Å². The summed E-state index contributed by atoms with van der Waals surface area (Å²) in [4.78, 5) is 12.5. The highest BCUT2D eigenvalue weighted by Crippen LogP contribution is 2.26. The zero-order valence-electron chi connectivity index (χ0n) is 14.7. The summed E-state index contributed by atoms with van der Waals surface area (Å²) < 4.78 is 29.1. The van der Waals surface area contributed by atoms with Gasteiger partial charge in [0.25, 0.3) is 5.91 Å². The molecule has 1 fully saturated rings. The van der Waals surface area contributed by atoms with Crippen molar-refractivity contribution in [1.29, 1.82) is 0 Å². The number of hydrogen-bond acceptors (Lipinski definition) is 4. The average Bonchev–Trinajstić information content (AvgIpc) is 2.52. The summed E-state index contributed by atoms with van der Waals surface area (Å²) in [5.41, 5.74) is 1.14. The van der Waals surface area contributed by atoms with Crippen molar-refractivity contribution in [2.75, 3.05) is 19.4 Å². The number of rotatable bonds is 6. The van der Waals surface area contributed by atoms with E-state index in [0.29, 0.717) is 24.6 Å². The molecule has 1 aliphatic carbocycles. The maximum Gasteiger partial charge on any atom is 0.251 e. The van der Waals surface area contributed by atoms with Crippen molar-refractivity contribution in [3.8, 4) is 0 Å².